The Morgan fingerprint density at radius 1 is 1.08 bits per heavy atom. The summed E-state index contributed by atoms with van der Waals surface area (Å²) in [6.07, 6.45) is 2.40. The van der Waals surface area contributed by atoms with Gasteiger partial charge in [-0.3, -0.25) is 14.2 Å². The number of likely N-dealkylation sites (tertiary alicyclic amines) is 1. The first kappa shape index (κ1) is 24.8. The highest BCUT2D eigenvalue weighted by atomic mass is 19.1. The van der Waals surface area contributed by atoms with Crippen LogP contribution in [0.15, 0.2) is 47.3 Å². The van der Waals surface area contributed by atoms with E-state index in [1.807, 2.05) is 0 Å². The minimum Gasteiger partial charge on any atom is -0.494 e. The predicted molar refractivity (Wildman–Crippen MR) is 132 cm³/mol. The van der Waals surface area contributed by atoms with Gasteiger partial charge < -0.3 is 24.2 Å². The second-order valence-corrected chi connectivity index (χ2v) is 9.15. The summed E-state index contributed by atoms with van der Waals surface area (Å²) in [6.45, 7) is 0.465. The van der Waals surface area contributed by atoms with Crippen molar-refractivity contribution in [2.24, 2.45) is 0 Å². The Labute approximate surface area is 213 Å². The van der Waals surface area contributed by atoms with Crippen LogP contribution in [0.5, 0.6) is 17.4 Å². The van der Waals surface area contributed by atoms with Crippen LogP contribution in [-0.4, -0.2) is 58.9 Å². The van der Waals surface area contributed by atoms with Crippen molar-refractivity contribution in [1.29, 1.82) is 0 Å². The molecule has 1 N–H and O–H groups in total. The molecule has 1 unspecified atom stereocenters. The molecule has 1 atom stereocenters. The number of aromatic nitrogens is 2. The summed E-state index contributed by atoms with van der Waals surface area (Å²) in [7, 11) is 2.91. The Bertz CT molecular complexity index is 1360. The molecule has 9 nitrogen and oxygen atoms in total. The lowest BCUT2D eigenvalue weighted by Gasteiger charge is -2.21. The first-order chi connectivity index (χ1) is 17.9. The molecule has 1 saturated carbocycles. The topological polar surface area (TPSA) is 103 Å². The van der Waals surface area contributed by atoms with Crippen molar-refractivity contribution in [1.82, 2.24) is 14.5 Å². The number of hydrogen-bond donors (Lipinski definition) is 1. The molecule has 0 radical (unpaired) electrons. The van der Waals surface area contributed by atoms with Gasteiger partial charge in [-0.25, -0.2) is 4.39 Å². The first-order valence-electron chi connectivity index (χ1n) is 12.1. The normalized spacial score (nSPS) is 17.2. The smallest absolute Gasteiger partial charge is 0.275 e. The highest BCUT2D eigenvalue weighted by molar-refractivity contribution is 5.96. The molecule has 0 bridgehead atoms. The molecule has 2 heterocycles. The van der Waals surface area contributed by atoms with Gasteiger partial charge in [-0.1, -0.05) is 24.3 Å². The standard InChI is InChI=1S/C27H28FN3O6/c1-35-20-8-5-9-21(36-2)24(20)31-22(15-37-17-10-11-17)29-25(32)23(27(31)34)26(33)30-13-12-16(14-30)18-6-3-4-7-19(18)28/h3-9,16-17,32H,10-15H2,1-2H3. The van der Waals surface area contributed by atoms with Crippen LogP contribution in [0, 0.1) is 5.82 Å². The number of benzene rings is 2. The molecule has 2 fully saturated rings. The van der Waals surface area contributed by atoms with E-state index in [-0.39, 0.29) is 42.5 Å². The molecular formula is C27H28FN3O6. The molecule has 194 valence electrons. The SMILES string of the molecule is COc1cccc(OC)c1-n1c(COC2CC2)nc(O)c(C(=O)N2CCC(c3ccccc3F)C2)c1=O. The van der Waals surface area contributed by atoms with E-state index in [9.17, 15) is 19.1 Å². The fourth-order valence-corrected chi connectivity index (χ4v) is 4.71. The Balaban J connectivity index is 1.57. The van der Waals surface area contributed by atoms with E-state index in [2.05, 4.69) is 4.98 Å². The molecule has 1 saturated heterocycles. The lowest BCUT2D eigenvalue weighted by molar-refractivity contribution is 0.0780. The van der Waals surface area contributed by atoms with Crippen molar-refractivity contribution < 1.29 is 28.5 Å². The van der Waals surface area contributed by atoms with E-state index in [0.29, 0.717) is 30.0 Å². The van der Waals surface area contributed by atoms with Crippen molar-refractivity contribution in [3.8, 4) is 23.1 Å². The molecule has 1 amide bonds. The van der Waals surface area contributed by atoms with Gasteiger partial charge in [-0.05, 0) is 43.0 Å². The van der Waals surface area contributed by atoms with Crippen molar-refractivity contribution in [2.45, 2.75) is 37.9 Å². The molecule has 5 rings (SSSR count). The maximum Gasteiger partial charge on any atom is 0.275 e. The van der Waals surface area contributed by atoms with Gasteiger partial charge in [0, 0.05) is 19.0 Å². The first-order valence-corrected chi connectivity index (χ1v) is 12.1. The Morgan fingerprint density at radius 2 is 1.78 bits per heavy atom. The molecule has 37 heavy (non-hydrogen) atoms. The predicted octanol–water partition coefficient (Wildman–Crippen LogP) is 3.40. The summed E-state index contributed by atoms with van der Waals surface area (Å²) in [5.41, 5.74) is -0.482. The van der Waals surface area contributed by atoms with Gasteiger partial charge in [0.25, 0.3) is 11.5 Å². The molecule has 3 aromatic rings. The second-order valence-electron chi connectivity index (χ2n) is 9.15. The lowest BCUT2D eigenvalue weighted by Crippen LogP contribution is -2.37. The summed E-state index contributed by atoms with van der Waals surface area (Å²) in [5, 5.41) is 10.8. The van der Waals surface area contributed by atoms with E-state index >= 15 is 0 Å². The van der Waals surface area contributed by atoms with Crippen molar-refractivity contribution in [3.05, 3.63) is 75.6 Å². The maximum absolute atomic E-state index is 14.3. The van der Waals surface area contributed by atoms with Crippen LogP contribution in [0.3, 0.4) is 0 Å². The Hall–Kier alpha value is -3.92. The van der Waals surface area contributed by atoms with Crippen molar-refractivity contribution in [3.63, 3.8) is 0 Å². The number of nitrogens with zero attached hydrogens (tertiary/aromatic N) is 3. The highest BCUT2D eigenvalue weighted by Crippen LogP contribution is 2.34. The zero-order valence-corrected chi connectivity index (χ0v) is 20.6. The number of amides is 1. The lowest BCUT2D eigenvalue weighted by atomic mass is 9.98. The summed E-state index contributed by atoms with van der Waals surface area (Å²) >= 11 is 0. The van der Waals surface area contributed by atoms with E-state index in [1.165, 1.54) is 29.8 Å². The molecule has 2 aromatic carbocycles. The largest absolute Gasteiger partial charge is 0.494 e. The fourth-order valence-electron chi connectivity index (χ4n) is 4.71. The fraction of sp³-hybridized carbons (Fsp3) is 0.370. The number of halogens is 1. The minimum atomic E-state index is -0.774. The summed E-state index contributed by atoms with van der Waals surface area (Å²) in [6, 6.07) is 11.5. The van der Waals surface area contributed by atoms with E-state index in [4.69, 9.17) is 14.2 Å². The average Bonchev–Trinajstić information content (AvgIpc) is 3.60. The number of hydrogen-bond acceptors (Lipinski definition) is 7. The molecule has 10 heteroatoms. The number of carbonyl (C=O) groups excluding carboxylic acids is 1. The van der Waals surface area contributed by atoms with Crippen LogP contribution in [0.1, 0.15) is 46.9 Å². The summed E-state index contributed by atoms with van der Waals surface area (Å²) < 4.78 is 32.3. The van der Waals surface area contributed by atoms with Gasteiger partial charge in [0.15, 0.2) is 5.56 Å². The van der Waals surface area contributed by atoms with Gasteiger partial charge in [0.05, 0.1) is 20.3 Å². The van der Waals surface area contributed by atoms with E-state index < -0.39 is 22.9 Å². The third-order valence-corrected chi connectivity index (χ3v) is 6.77. The van der Waals surface area contributed by atoms with Crippen LogP contribution in [0.25, 0.3) is 5.69 Å². The molecule has 0 spiro atoms. The average molecular weight is 510 g/mol. The summed E-state index contributed by atoms with van der Waals surface area (Å²) in [4.78, 5) is 33.1. The van der Waals surface area contributed by atoms with Gasteiger partial charge >= 0.3 is 0 Å². The van der Waals surface area contributed by atoms with Crippen LogP contribution in [0.2, 0.25) is 0 Å². The van der Waals surface area contributed by atoms with E-state index in [1.54, 1.807) is 36.4 Å². The van der Waals surface area contributed by atoms with Crippen molar-refractivity contribution >= 4 is 5.91 Å². The van der Waals surface area contributed by atoms with Crippen molar-refractivity contribution in [2.75, 3.05) is 27.3 Å². The molecular weight excluding hydrogens is 481 g/mol. The van der Waals surface area contributed by atoms with Gasteiger partial charge in [-0.15, -0.1) is 0 Å². The van der Waals surface area contributed by atoms with Crippen LogP contribution < -0.4 is 15.0 Å². The highest BCUT2D eigenvalue weighted by Gasteiger charge is 2.34. The Kier molecular flexibility index (Phi) is 6.84. The molecule has 1 aliphatic heterocycles. The zero-order chi connectivity index (χ0) is 26.1. The second kappa shape index (κ2) is 10.2. The van der Waals surface area contributed by atoms with Crippen LogP contribution in [-0.2, 0) is 11.3 Å². The van der Waals surface area contributed by atoms with Crippen LogP contribution in [0.4, 0.5) is 4.39 Å². The monoisotopic (exact) mass is 509 g/mol. The van der Waals surface area contributed by atoms with Crippen LogP contribution >= 0.6 is 0 Å². The molecule has 1 aromatic heterocycles. The number of rotatable bonds is 8. The number of carbonyl (C=O) groups is 1. The third kappa shape index (κ3) is 4.76. The van der Waals surface area contributed by atoms with Gasteiger partial charge in [-0.2, -0.15) is 4.98 Å². The number of para-hydroxylation sites is 1. The molecule has 1 aliphatic carbocycles. The zero-order valence-electron chi connectivity index (χ0n) is 20.6. The van der Waals surface area contributed by atoms with E-state index in [0.717, 1.165) is 12.8 Å². The maximum atomic E-state index is 14.3. The Morgan fingerprint density at radius 3 is 2.43 bits per heavy atom. The number of methoxy groups -OCH3 is 2. The quantitative estimate of drug-likeness (QED) is 0.497. The van der Waals surface area contributed by atoms with Gasteiger partial charge in [0.2, 0.25) is 5.88 Å². The van der Waals surface area contributed by atoms with Gasteiger partial charge in [0.1, 0.15) is 35.4 Å². The number of aromatic hydroxyl groups is 1. The minimum absolute atomic E-state index is 0.0534. The summed E-state index contributed by atoms with van der Waals surface area (Å²) in [5.74, 6) is -1.16. The molecule has 2 aliphatic rings. The number of ether oxygens (including phenoxy) is 3. The third-order valence-electron chi connectivity index (χ3n) is 6.77.